The van der Waals surface area contributed by atoms with Crippen molar-refractivity contribution in [1.29, 1.82) is 0 Å². The van der Waals surface area contributed by atoms with Crippen LogP contribution in [0.1, 0.15) is 42.3 Å². The molecule has 2 rings (SSSR count). The molecule has 0 bridgehead atoms. The molecular formula is C14H19NO2. The fourth-order valence-electron chi connectivity index (χ4n) is 2.17. The molecule has 1 aromatic carbocycles. The van der Waals surface area contributed by atoms with E-state index in [-0.39, 0.29) is 12.5 Å². The number of carboxylic acid groups (broad SMARTS) is 1. The summed E-state index contributed by atoms with van der Waals surface area (Å²) < 4.78 is 0. The maximum absolute atomic E-state index is 10.8. The summed E-state index contributed by atoms with van der Waals surface area (Å²) in [6.07, 6.45) is 2.74. The average Bonchev–Trinajstić information content (AvgIpc) is 3.09. The Labute approximate surface area is 102 Å². The minimum Gasteiger partial charge on any atom is -0.481 e. The summed E-state index contributed by atoms with van der Waals surface area (Å²) in [7, 11) is 3.84. The van der Waals surface area contributed by atoms with Gasteiger partial charge in [-0.25, -0.2) is 0 Å². The fraction of sp³-hybridized carbons (Fsp3) is 0.500. The van der Waals surface area contributed by atoms with E-state index < -0.39 is 5.97 Å². The monoisotopic (exact) mass is 233 g/mol. The lowest BCUT2D eigenvalue weighted by molar-refractivity contribution is -0.138. The van der Waals surface area contributed by atoms with Gasteiger partial charge < -0.3 is 10.0 Å². The Bertz CT molecular complexity index is 393. The van der Waals surface area contributed by atoms with Crippen molar-refractivity contribution in [3.63, 3.8) is 0 Å². The summed E-state index contributed by atoms with van der Waals surface area (Å²) in [6, 6.07) is 8.39. The molecule has 1 saturated carbocycles. The first-order valence-corrected chi connectivity index (χ1v) is 6.06. The minimum absolute atomic E-state index is 0.0410. The third-order valence-corrected chi connectivity index (χ3v) is 3.36. The zero-order valence-electron chi connectivity index (χ0n) is 10.4. The molecule has 17 heavy (non-hydrogen) atoms. The quantitative estimate of drug-likeness (QED) is 0.850. The van der Waals surface area contributed by atoms with Gasteiger partial charge in [-0.15, -0.1) is 0 Å². The second-order valence-corrected chi connectivity index (χ2v) is 5.02. The first-order chi connectivity index (χ1) is 8.08. The normalized spacial score (nSPS) is 17.1. The highest BCUT2D eigenvalue weighted by Gasteiger charge is 2.24. The first kappa shape index (κ1) is 12.1. The molecule has 0 saturated heterocycles. The highest BCUT2D eigenvalue weighted by Crippen LogP contribution is 2.40. The molecular weight excluding hydrogens is 214 g/mol. The highest BCUT2D eigenvalue weighted by molar-refractivity contribution is 5.68. The molecule has 1 unspecified atom stereocenters. The van der Waals surface area contributed by atoms with Gasteiger partial charge in [0, 0.05) is 6.04 Å². The maximum atomic E-state index is 10.8. The lowest BCUT2D eigenvalue weighted by Crippen LogP contribution is -2.22. The second kappa shape index (κ2) is 4.88. The minimum atomic E-state index is -0.755. The second-order valence-electron chi connectivity index (χ2n) is 5.02. The summed E-state index contributed by atoms with van der Waals surface area (Å²) in [5.41, 5.74) is 2.48. The van der Waals surface area contributed by atoms with E-state index in [9.17, 15) is 4.79 Å². The topological polar surface area (TPSA) is 40.5 Å². The molecule has 1 N–H and O–H groups in total. The molecule has 1 aliphatic rings. The van der Waals surface area contributed by atoms with Crippen LogP contribution in [0.3, 0.4) is 0 Å². The highest BCUT2D eigenvalue weighted by atomic mass is 16.4. The van der Waals surface area contributed by atoms with Gasteiger partial charge in [0.05, 0.1) is 6.42 Å². The maximum Gasteiger partial charge on any atom is 0.305 e. The van der Waals surface area contributed by atoms with E-state index in [0.29, 0.717) is 0 Å². The number of aliphatic carboxylic acids is 1. The van der Waals surface area contributed by atoms with Crippen LogP contribution in [0.15, 0.2) is 24.3 Å². The SMILES string of the molecule is CN(C)C(CC(=O)O)c1ccc(C2CC2)cc1. The molecule has 0 spiro atoms. The summed E-state index contributed by atoms with van der Waals surface area (Å²) >= 11 is 0. The zero-order valence-corrected chi connectivity index (χ0v) is 10.4. The Morgan fingerprint density at radius 1 is 1.35 bits per heavy atom. The van der Waals surface area contributed by atoms with Gasteiger partial charge in [-0.2, -0.15) is 0 Å². The lowest BCUT2D eigenvalue weighted by Gasteiger charge is -2.23. The van der Waals surface area contributed by atoms with E-state index in [4.69, 9.17) is 5.11 Å². The number of carboxylic acids is 1. The molecule has 0 radical (unpaired) electrons. The summed E-state index contributed by atoms with van der Waals surface area (Å²) in [6.45, 7) is 0. The summed E-state index contributed by atoms with van der Waals surface area (Å²) in [5.74, 6) is -0.00343. The standard InChI is InChI=1S/C14H19NO2/c1-15(2)13(9-14(16)17)12-7-5-11(6-8-12)10-3-4-10/h5-8,10,13H,3-4,9H2,1-2H3,(H,16,17). The number of rotatable bonds is 5. The van der Waals surface area contributed by atoms with Crippen molar-refractivity contribution in [3.05, 3.63) is 35.4 Å². The lowest BCUT2D eigenvalue weighted by atomic mass is 10.00. The number of hydrogen-bond acceptors (Lipinski definition) is 2. The van der Waals surface area contributed by atoms with Gasteiger partial charge in [0.2, 0.25) is 0 Å². The van der Waals surface area contributed by atoms with Crippen LogP contribution in [0.5, 0.6) is 0 Å². The molecule has 0 heterocycles. The van der Waals surface area contributed by atoms with Gasteiger partial charge in [-0.1, -0.05) is 24.3 Å². The number of nitrogens with zero attached hydrogens (tertiary/aromatic N) is 1. The van der Waals surface area contributed by atoms with Crippen molar-refractivity contribution in [2.45, 2.75) is 31.2 Å². The van der Waals surface area contributed by atoms with Gasteiger partial charge in [-0.05, 0) is 44.0 Å². The smallest absolute Gasteiger partial charge is 0.305 e. The predicted octanol–water partition coefficient (Wildman–Crippen LogP) is 2.64. The molecule has 0 amide bonds. The Balaban J connectivity index is 2.14. The Kier molecular flexibility index (Phi) is 3.48. The van der Waals surface area contributed by atoms with Crippen molar-refractivity contribution in [1.82, 2.24) is 4.90 Å². The molecule has 1 atom stereocenters. The average molecular weight is 233 g/mol. The van der Waals surface area contributed by atoms with Gasteiger partial charge in [-0.3, -0.25) is 4.79 Å². The molecule has 3 heteroatoms. The van der Waals surface area contributed by atoms with Crippen LogP contribution in [-0.2, 0) is 4.79 Å². The first-order valence-electron chi connectivity index (χ1n) is 6.06. The van der Waals surface area contributed by atoms with Crippen LogP contribution in [0.25, 0.3) is 0 Å². The van der Waals surface area contributed by atoms with Crippen LogP contribution in [0, 0.1) is 0 Å². The molecule has 0 aliphatic heterocycles. The fourth-order valence-corrected chi connectivity index (χ4v) is 2.17. The van der Waals surface area contributed by atoms with Gasteiger partial charge in [0.25, 0.3) is 0 Å². The summed E-state index contributed by atoms with van der Waals surface area (Å²) in [4.78, 5) is 12.8. The van der Waals surface area contributed by atoms with E-state index in [1.807, 2.05) is 19.0 Å². The van der Waals surface area contributed by atoms with Crippen molar-refractivity contribution < 1.29 is 9.90 Å². The van der Waals surface area contributed by atoms with Crippen LogP contribution < -0.4 is 0 Å². The Morgan fingerprint density at radius 3 is 2.35 bits per heavy atom. The van der Waals surface area contributed by atoms with Crippen LogP contribution in [0.2, 0.25) is 0 Å². The molecule has 0 aromatic heterocycles. The Morgan fingerprint density at radius 2 is 1.94 bits per heavy atom. The third-order valence-electron chi connectivity index (χ3n) is 3.36. The van der Waals surface area contributed by atoms with E-state index >= 15 is 0 Å². The molecule has 92 valence electrons. The third kappa shape index (κ3) is 3.07. The van der Waals surface area contributed by atoms with Crippen LogP contribution >= 0.6 is 0 Å². The van der Waals surface area contributed by atoms with Gasteiger partial charge in [0.15, 0.2) is 0 Å². The van der Waals surface area contributed by atoms with E-state index in [0.717, 1.165) is 11.5 Å². The van der Waals surface area contributed by atoms with Crippen molar-refractivity contribution in [3.8, 4) is 0 Å². The van der Waals surface area contributed by atoms with Crippen LogP contribution in [0.4, 0.5) is 0 Å². The molecule has 1 aromatic rings. The van der Waals surface area contributed by atoms with E-state index in [2.05, 4.69) is 24.3 Å². The number of benzene rings is 1. The molecule has 1 aliphatic carbocycles. The van der Waals surface area contributed by atoms with Gasteiger partial charge >= 0.3 is 5.97 Å². The molecule has 1 fully saturated rings. The van der Waals surface area contributed by atoms with Gasteiger partial charge in [0.1, 0.15) is 0 Å². The van der Waals surface area contributed by atoms with Crippen LogP contribution in [-0.4, -0.2) is 30.1 Å². The summed E-state index contributed by atoms with van der Waals surface area (Å²) in [5, 5.41) is 8.92. The predicted molar refractivity (Wildman–Crippen MR) is 67.1 cm³/mol. The number of hydrogen-bond donors (Lipinski definition) is 1. The largest absolute Gasteiger partial charge is 0.481 e. The van der Waals surface area contributed by atoms with E-state index in [1.54, 1.807) is 0 Å². The van der Waals surface area contributed by atoms with Crippen molar-refractivity contribution >= 4 is 5.97 Å². The van der Waals surface area contributed by atoms with Crippen molar-refractivity contribution in [2.75, 3.05) is 14.1 Å². The Hall–Kier alpha value is -1.35. The number of carbonyl (C=O) groups is 1. The van der Waals surface area contributed by atoms with Crippen molar-refractivity contribution in [2.24, 2.45) is 0 Å². The zero-order chi connectivity index (χ0) is 12.4. The molecule has 3 nitrogen and oxygen atoms in total. The van der Waals surface area contributed by atoms with E-state index in [1.165, 1.54) is 18.4 Å².